The van der Waals surface area contributed by atoms with Crippen molar-refractivity contribution in [3.05, 3.63) is 60.4 Å². The molecule has 0 atom stereocenters. The number of hydrogen-bond acceptors (Lipinski definition) is 3. The van der Waals surface area contributed by atoms with Crippen LogP contribution >= 0.6 is 0 Å². The van der Waals surface area contributed by atoms with E-state index in [1.807, 2.05) is 0 Å². The second-order valence-electron chi connectivity index (χ2n) is 4.01. The first-order valence-electron chi connectivity index (χ1n) is 6.07. The van der Waals surface area contributed by atoms with E-state index in [9.17, 15) is 13.6 Å². The number of pyridine rings is 1. The molecule has 4 nitrogen and oxygen atoms in total. The summed E-state index contributed by atoms with van der Waals surface area (Å²) >= 11 is 0. The zero-order chi connectivity index (χ0) is 15.1. The highest BCUT2D eigenvalue weighted by Gasteiger charge is 2.03. The molecule has 0 saturated heterocycles. The maximum atomic E-state index is 12.0. The molecule has 6 heteroatoms. The van der Waals surface area contributed by atoms with Crippen molar-refractivity contribution < 1.29 is 18.3 Å². The Kier molecular flexibility index (Phi) is 4.98. The fourth-order valence-electron chi connectivity index (χ4n) is 1.55. The number of benzene rings is 1. The van der Waals surface area contributed by atoms with Crippen molar-refractivity contribution in [1.29, 1.82) is 0 Å². The maximum Gasteiger partial charge on any atom is 0.387 e. The number of aromatic nitrogens is 1. The highest BCUT2D eigenvalue weighted by molar-refractivity contribution is 6.01. The molecule has 21 heavy (non-hydrogen) atoms. The van der Waals surface area contributed by atoms with Gasteiger partial charge in [-0.3, -0.25) is 9.78 Å². The lowest BCUT2D eigenvalue weighted by Crippen LogP contribution is -2.07. The number of halogens is 2. The summed E-state index contributed by atoms with van der Waals surface area (Å²) in [6, 6.07) is 9.31. The van der Waals surface area contributed by atoms with Crippen LogP contribution in [0.3, 0.4) is 0 Å². The van der Waals surface area contributed by atoms with Gasteiger partial charge in [0.1, 0.15) is 5.75 Å². The Morgan fingerprint density at radius 1 is 1.14 bits per heavy atom. The van der Waals surface area contributed by atoms with Crippen LogP contribution in [0.15, 0.2) is 54.9 Å². The van der Waals surface area contributed by atoms with Crippen molar-refractivity contribution in [2.45, 2.75) is 6.61 Å². The summed E-state index contributed by atoms with van der Waals surface area (Å²) in [6.07, 6.45) is 6.06. The minimum absolute atomic E-state index is 0.0726. The minimum atomic E-state index is -2.85. The van der Waals surface area contributed by atoms with Gasteiger partial charge in [-0.2, -0.15) is 8.78 Å². The average Bonchev–Trinajstić information content (AvgIpc) is 2.47. The van der Waals surface area contributed by atoms with Crippen molar-refractivity contribution in [2.75, 3.05) is 5.32 Å². The van der Waals surface area contributed by atoms with Gasteiger partial charge in [-0.05, 0) is 35.9 Å². The largest absolute Gasteiger partial charge is 0.435 e. The zero-order valence-electron chi connectivity index (χ0n) is 10.9. The lowest BCUT2D eigenvalue weighted by Gasteiger charge is -2.04. The number of rotatable bonds is 5. The molecule has 0 bridgehead atoms. The number of nitrogens with zero attached hydrogens (tertiary/aromatic N) is 1. The van der Waals surface area contributed by atoms with Gasteiger partial charge in [0.25, 0.3) is 0 Å². The zero-order valence-corrected chi connectivity index (χ0v) is 10.9. The van der Waals surface area contributed by atoms with Crippen molar-refractivity contribution in [3.8, 4) is 5.75 Å². The van der Waals surface area contributed by atoms with E-state index in [2.05, 4.69) is 15.0 Å². The molecule has 1 aromatic carbocycles. The number of carbonyl (C=O) groups is 1. The number of amides is 1. The van der Waals surface area contributed by atoms with Gasteiger partial charge in [-0.15, -0.1) is 0 Å². The van der Waals surface area contributed by atoms with Crippen molar-refractivity contribution >= 4 is 17.7 Å². The highest BCUT2D eigenvalue weighted by atomic mass is 19.3. The van der Waals surface area contributed by atoms with E-state index >= 15 is 0 Å². The summed E-state index contributed by atoms with van der Waals surface area (Å²) in [5.41, 5.74) is 1.34. The lowest BCUT2D eigenvalue weighted by atomic mass is 10.2. The van der Waals surface area contributed by atoms with Gasteiger partial charge in [-0.1, -0.05) is 12.1 Å². The Hall–Kier alpha value is -2.76. The second-order valence-corrected chi connectivity index (χ2v) is 4.01. The van der Waals surface area contributed by atoms with Crippen molar-refractivity contribution in [1.82, 2.24) is 4.98 Å². The Bertz CT molecular complexity index is 613. The van der Waals surface area contributed by atoms with Crippen LogP contribution in [0, 0.1) is 0 Å². The molecular weight excluding hydrogens is 278 g/mol. The molecule has 1 heterocycles. The minimum Gasteiger partial charge on any atom is -0.435 e. The summed E-state index contributed by atoms with van der Waals surface area (Å²) in [5, 5.41) is 2.66. The molecule has 0 aliphatic heterocycles. The smallest absolute Gasteiger partial charge is 0.387 e. The molecule has 2 rings (SSSR count). The first kappa shape index (κ1) is 14.6. The van der Waals surface area contributed by atoms with Crippen LogP contribution in [0.1, 0.15) is 5.56 Å². The molecule has 1 amide bonds. The molecule has 108 valence electrons. The van der Waals surface area contributed by atoms with Crippen LogP contribution < -0.4 is 10.1 Å². The van der Waals surface area contributed by atoms with E-state index in [1.54, 1.807) is 42.7 Å². The number of alkyl halides is 2. The predicted octanol–water partition coefficient (Wildman–Crippen LogP) is 3.33. The van der Waals surface area contributed by atoms with Crippen LogP contribution in [0.4, 0.5) is 14.5 Å². The first-order chi connectivity index (χ1) is 10.1. The summed E-state index contributed by atoms with van der Waals surface area (Å²) in [5.74, 6) is -0.225. The molecule has 0 unspecified atom stereocenters. The van der Waals surface area contributed by atoms with Gasteiger partial charge in [-0.25, -0.2) is 0 Å². The SMILES string of the molecule is O=C(/C=C/c1ccc(OC(F)F)cc1)Nc1ccncc1. The normalized spacial score (nSPS) is 10.8. The molecule has 2 aromatic rings. The van der Waals surface area contributed by atoms with Crippen LogP contribution in [-0.4, -0.2) is 17.5 Å². The van der Waals surface area contributed by atoms with Gasteiger partial charge in [0.05, 0.1) is 0 Å². The fraction of sp³-hybridized carbons (Fsp3) is 0.0667. The van der Waals surface area contributed by atoms with Crippen LogP contribution in [0.5, 0.6) is 5.75 Å². The van der Waals surface area contributed by atoms with Crippen molar-refractivity contribution in [2.24, 2.45) is 0 Å². The maximum absolute atomic E-state index is 12.0. The highest BCUT2D eigenvalue weighted by Crippen LogP contribution is 2.15. The molecule has 0 spiro atoms. The monoisotopic (exact) mass is 290 g/mol. The standard InChI is InChI=1S/C15H12F2N2O2/c16-15(17)21-13-4-1-11(2-5-13)3-6-14(20)19-12-7-9-18-10-8-12/h1-10,15H,(H,18,19,20)/b6-3+. The van der Waals surface area contributed by atoms with Gasteiger partial charge >= 0.3 is 6.61 Å². The van der Waals surface area contributed by atoms with E-state index in [0.29, 0.717) is 11.3 Å². The van der Waals surface area contributed by atoms with Crippen LogP contribution in [0.25, 0.3) is 6.08 Å². The van der Waals surface area contributed by atoms with E-state index < -0.39 is 6.61 Å². The molecule has 1 aromatic heterocycles. The summed E-state index contributed by atoms with van der Waals surface area (Å²) in [4.78, 5) is 15.5. The third-order valence-electron chi connectivity index (χ3n) is 2.48. The third-order valence-corrected chi connectivity index (χ3v) is 2.48. The van der Waals surface area contributed by atoms with Crippen LogP contribution in [-0.2, 0) is 4.79 Å². The number of carbonyl (C=O) groups excluding carboxylic acids is 1. The Labute approximate surface area is 120 Å². The van der Waals surface area contributed by atoms with Gasteiger partial charge in [0, 0.05) is 24.2 Å². The predicted molar refractivity (Wildman–Crippen MR) is 75.0 cm³/mol. The average molecular weight is 290 g/mol. The quantitative estimate of drug-likeness (QED) is 0.859. The number of nitrogens with one attached hydrogen (secondary N) is 1. The molecule has 0 saturated carbocycles. The topological polar surface area (TPSA) is 51.2 Å². The summed E-state index contributed by atoms with van der Waals surface area (Å²) in [6.45, 7) is -2.85. The van der Waals surface area contributed by atoms with E-state index in [1.165, 1.54) is 18.2 Å². The van der Waals surface area contributed by atoms with Gasteiger partial charge in [0.15, 0.2) is 0 Å². The molecule has 0 aliphatic carbocycles. The Morgan fingerprint density at radius 2 is 1.81 bits per heavy atom. The molecule has 0 aliphatic rings. The first-order valence-corrected chi connectivity index (χ1v) is 6.07. The second kappa shape index (κ2) is 7.14. The molecular formula is C15H12F2N2O2. The molecule has 0 radical (unpaired) electrons. The Balaban J connectivity index is 1.93. The van der Waals surface area contributed by atoms with E-state index in [0.717, 1.165) is 0 Å². The van der Waals surface area contributed by atoms with Gasteiger partial charge < -0.3 is 10.1 Å². The lowest BCUT2D eigenvalue weighted by molar-refractivity contribution is -0.111. The number of anilines is 1. The third kappa shape index (κ3) is 5.02. The van der Waals surface area contributed by atoms with Gasteiger partial charge in [0.2, 0.25) is 5.91 Å². The summed E-state index contributed by atoms with van der Waals surface area (Å²) < 4.78 is 28.2. The fourth-order valence-corrected chi connectivity index (χ4v) is 1.55. The van der Waals surface area contributed by atoms with E-state index in [-0.39, 0.29) is 11.7 Å². The van der Waals surface area contributed by atoms with E-state index in [4.69, 9.17) is 0 Å². The number of ether oxygens (including phenoxy) is 1. The molecule has 0 fully saturated rings. The van der Waals surface area contributed by atoms with Crippen molar-refractivity contribution in [3.63, 3.8) is 0 Å². The number of hydrogen-bond donors (Lipinski definition) is 1. The Morgan fingerprint density at radius 3 is 2.43 bits per heavy atom. The summed E-state index contributed by atoms with van der Waals surface area (Å²) in [7, 11) is 0. The van der Waals surface area contributed by atoms with Crippen LogP contribution in [0.2, 0.25) is 0 Å². The molecule has 1 N–H and O–H groups in total.